The van der Waals surface area contributed by atoms with Crippen molar-refractivity contribution in [3.8, 4) is 11.1 Å². The van der Waals surface area contributed by atoms with Crippen LogP contribution in [0.1, 0.15) is 5.69 Å². The predicted octanol–water partition coefficient (Wildman–Crippen LogP) is 3.15. The molecule has 0 saturated carbocycles. The van der Waals surface area contributed by atoms with E-state index in [2.05, 4.69) is 15.1 Å². The van der Waals surface area contributed by atoms with Crippen molar-refractivity contribution in [3.63, 3.8) is 0 Å². The van der Waals surface area contributed by atoms with Gasteiger partial charge in [0.2, 0.25) is 0 Å². The average Bonchev–Trinajstić information content (AvgIpc) is 3.16. The minimum absolute atomic E-state index is 0.107. The second-order valence-electron chi connectivity index (χ2n) is 6.29. The smallest absolute Gasteiger partial charge is 0.261 e. The largest absolute Gasteiger partial charge is 0.309 e. The molecule has 0 fully saturated rings. The SMILES string of the molecule is O=c1c2cnc3c(-c4ccccc4)cnn3c2ccn1Cc1ccccn1. The molecule has 0 aliphatic carbocycles. The van der Waals surface area contributed by atoms with Crippen LogP contribution in [-0.2, 0) is 6.54 Å². The summed E-state index contributed by atoms with van der Waals surface area (Å²) in [6.07, 6.45) is 6.93. The van der Waals surface area contributed by atoms with Gasteiger partial charge in [-0.3, -0.25) is 9.78 Å². The van der Waals surface area contributed by atoms with Gasteiger partial charge in [-0.25, -0.2) is 9.50 Å². The van der Waals surface area contributed by atoms with Gasteiger partial charge in [-0.2, -0.15) is 5.10 Å². The first kappa shape index (κ1) is 15.5. The summed E-state index contributed by atoms with van der Waals surface area (Å²) in [5.41, 5.74) is 4.18. The Morgan fingerprint density at radius 3 is 2.56 bits per heavy atom. The minimum Gasteiger partial charge on any atom is -0.309 e. The molecule has 27 heavy (non-hydrogen) atoms. The van der Waals surface area contributed by atoms with Crippen molar-refractivity contribution in [1.82, 2.24) is 24.1 Å². The van der Waals surface area contributed by atoms with Crippen LogP contribution < -0.4 is 5.56 Å². The summed E-state index contributed by atoms with van der Waals surface area (Å²) < 4.78 is 3.37. The maximum absolute atomic E-state index is 12.9. The molecule has 5 aromatic rings. The zero-order chi connectivity index (χ0) is 18.2. The lowest BCUT2D eigenvalue weighted by Crippen LogP contribution is -2.21. The molecule has 0 amide bonds. The average molecular weight is 353 g/mol. The summed E-state index contributed by atoms with van der Waals surface area (Å²) in [4.78, 5) is 21.7. The molecule has 0 N–H and O–H groups in total. The van der Waals surface area contributed by atoms with E-state index in [1.165, 1.54) is 0 Å². The molecule has 6 nitrogen and oxygen atoms in total. The lowest BCUT2D eigenvalue weighted by molar-refractivity contribution is 0.745. The van der Waals surface area contributed by atoms with Crippen molar-refractivity contribution < 1.29 is 0 Å². The van der Waals surface area contributed by atoms with Gasteiger partial charge in [0.15, 0.2) is 5.65 Å². The number of fused-ring (bicyclic) bond motifs is 3. The molecule has 5 rings (SSSR count). The van der Waals surface area contributed by atoms with E-state index < -0.39 is 0 Å². The standard InChI is InChI=1S/C21H15N5O/c27-21-18-12-23-20-17(15-6-2-1-3-7-15)13-24-26(20)19(18)9-11-25(21)14-16-8-4-5-10-22-16/h1-13H,14H2. The van der Waals surface area contributed by atoms with Gasteiger partial charge in [0.1, 0.15) is 0 Å². The van der Waals surface area contributed by atoms with Crippen molar-refractivity contribution in [2.24, 2.45) is 0 Å². The highest BCUT2D eigenvalue weighted by Gasteiger charge is 2.13. The van der Waals surface area contributed by atoms with E-state index in [0.717, 1.165) is 28.0 Å². The Bertz CT molecular complexity index is 1310. The van der Waals surface area contributed by atoms with Crippen molar-refractivity contribution in [2.75, 3.05) is 0 Å². The highest BCUT2D eigenvalue weighted by Crippen LogP contribution is 2.24. The van der Waals surface area contributed by atoms with Gasteiger partial charge in [-0.1, -0.05) is 36.4 Å². The first-order valence-electron chi connectivity index (χ1n) is 8.62. The van der Waals surface area contributed by atoms with E-state index in [4.69, 9.17) is 0 Å². The summed E-state index contributed by atoms with van der Waals surface area (Å²) in [5, 5.41) is 5.00. The van der Waals surface area contributed by atoms with Crippen molar-refractivity contribution in [3.05, 3.63) is 95.4 Å². The van der Waals surface area contributed by atoms with Gasteiger partial charge in [0.05, 0.1) is 29.3 Å². The van der Waals surface area contributed by atoms with Crippen molar-refractivity contribution >= 4 is 16.6 Å². The maximum atomic E-state index is 12.9. The van der Waals surface area contributed by atoms with Crippen LogP contribution in [0.25, 0.3) is 27.7 Å². The normalized spacial score (nSPS) is 11.3. The third kappa shape index (κ3) is 2.58. The molecular weight excluding hydrogens is 338 g/mol. The van der Waals surface area contributed by atoms with Gasteiger partial charge < -0.3 is 4.57 Å². The highest BCUT2D eigenvalue weighted by atomic mass is 16.1. The molecule has 6 heteroatoms. The van der Waals surface area contributed by atoms with Gasteiger partial charge in [0.25, 0.3) is 5.56 Å². The number of hydrogen-bond acceptors (Lipinski definition) is 4. The molecule has 1 aromatic carbocycles. The van der Waals surface area contributed by atoms with Crippen molar-refractivity contribution in [2.45, 2.75) is 6.54 Å². The number of aromatic nitrogens is 5. The summed E-state index contributed by atoms with van der Waals surface area (Å²) >= 11 is 0. The Kier molecular flexibility index (Phi) is 3.53. The number of benzene rings is 1. The van der Waals surface area contributed by atoms with E-state index in [1.807, 2.05) is 54.6 Å². The third-order valence-electron chi connectivity index (χ3n) is 4.61. The molecule has 4 heterocycles. The van der Waals surface area contributed by atoms with Gasteiger partial charge in [-0.15, -0.1) is 0 Å². The summed E-state index contributed by atoms with van der Waals surface area (Å²) in [6, 6.07) is 17.5. The van der Waals surface area contributed by atoms with E-state index in [1.54, 1.807) is 33.9 Å². The maximum Gasteiger partial charge on any atom is 0.261 e. The summed E-state index contributed by atoms with van der Waals surface area (Å²) in [7, 11) is 0. The Hall–Kier alpha value is -3.80. The van der Waals surface area contributed by atoms with Gasteiger partial charge in [-0.05, 0) is 23.8 Å². The van der Waals surface area contributed by atoms with Crippen molar-refractivity contribution in [1.29, 1.82) is 0 Å². The number of rotatable bonds is 3. The zero-order valence-electron chi connectivity index (χ0n) is 14.4. The van der Waals surface area contributed by atoms with Crippen LogP contribution in [0.4, 0.5) is 0 Å². The molecule has 0 radical (unpaired) electrons. The van der Waals surface area contributed by atoms with E-state index >= 15 is 0 Å². The Morgan fingerprint density at radius 1 is 0.889 bits per heavy atom. The first-order chi connectivity index (χ1) is 13.3. The zero-order valence-corrected chi connectivity index (χ0v) is 14.4. The fourth-order valence-corrected chi connectivity index (χ4v) is 3.27. The van der Waals surface area contributed by atoms with Crippen LogP contribution in [0, 0.1) is 0 Å². The lowest BCUT2D eigenvalue weighted by atomic mass is 10.1. The van der Waals surface area contributed by atoms with E-state index in [9.17, 15) is 4.79 Å². The second kappa shape index (κ2) is 6.17. The van der Waals surface area contributed by atoms with Crippen LogP contribution >= 0.6 is 0 Å². The van der Waals surface area contributed by atoms with Gasteiger partial charge in [0, 0.05) is 24.2 Å². The fourth-order valence-electron chi connectivity index (χ4n) is 3.27. The molecule has 130 valence electrons. The minimum atomic E-state index is -0.107. The highest BCUT2D eigenvalue weighted by molar-refractivity contribution is 5.84. The number of hydrogen-bond donors (Lipinski definition) is 0. The van der Waals surface area contributed by atoms with Crippen LogP contribution in [0.3, 0.4) is 0 Å². The molecule has 0 spiro atoms. The van der Waals surface area contributed by atoms with Gasteiger partial charge >= 0.3 is 0 Å². The molecule has 0 aliphatic heterocycles. The molecule has 0 bridgehead atoms. The van der Waals surface area contributed by atoms with Crippen LogP contribution in [-0.4, -0.2) is 24.1 Å². The molecule has 0 unspecified atom stereocenters. The van der Waals surface area contributed by atoms with Crippen LogP contribution in [0.15, 0.2) is 84.2 Å². The quantitative estimate of drug-likeness (QED) is 0.500. The van der Waals surface area contributed by atoms with E-state index in [-0.39, 0.29) is 5.56 Å². The summed E-state index contributed by atoms with van der Waals surface area (Å²) in [5.74, 6) is 0. The predicted molar refractivity (Wildman–Crippen MR) is 104 cm³/mol. The van der Waals surface area contributed by atoms with Crippen LogP contribution in [0.5, 0.6) is 0 Å². The fraction of sp³-hybridized carbons (Fsp3) is 0.0476. The molecule has 0 atom stereocenters. The molecule has 0 saturated heterocycles. The monoisotopic (exact) mass is 353 g/mol. The number of nitrogens with zero attached hydrogens (tertiary/aromatic N) is 5. The first-order valence-corrected chi connectivity index (χ1v) is 8.62. The van der Waals surface area contributed by atoms with Crippen LogP contribution in [0.2, 0.25) is 0 Å². The Labute approximate surface area is 154 Å². The molecular formula is C21H15N5O. The summed E-state index contributed by atoms with van der Waals surface area (Å²) in [6.45, 7) is 0.419. The Balaban J connectivity index is 1.66. The van der Waals surface area contributed by atoms with E-state index in [0.29, 0.717) is 11.9 Å². The third-order valence-corrected chi connectivity index (χ3v) is 4.61. The topological polar surface area (TPSA) is 65.1 Å². The molecule has 4 aromatic heterocycles. The number of pyridine rings is 2. The second-order valence-corrected chi connectivity index (χ2v) is 6.29. The molecule has 0 aliphatic rings. The Morgan fingerprint density at radius 2 is 1.74 bits per heavy atom. The lowest BCUT2D eigenvalue weighted by Gasteiger charge is -2.08.